The second-order valence-electron chi connectivity index (χ2n) is 7.32. The van der Waals surface area contributed by atoms with Crippen LogP contribution in [-0.4, -0.2) is 0 Å². The topological polar surface area (TPSA) is 0 Å². The monoisotopic (exact) mass is 514 g/mol. The molecule has 0 atom stereocenters. The minimum Gasteiger partial charge on any atom is -0.143 e. The number of hydrogen-bond donors (Lipinski definition) is 4. The second-order valence-corrected chi connectivity index (χ2v) is 9.35. The highest BCUT2D eigenvalue weighted by Crippen LogP contribution is 2.25. The van der Waals surface area contributed by atoms with Gasteiger partial charge in [0, 0.05) is 19.6 Å². The van der Waals surface area contributed by atoms with Crippen molar-refractivity contribution in [2.75, 3.05) is 0 Å². The van der Waals surface area contributed by atoms with Crippen molar-refractivity contribution in [3.05, 3.63) is 133 Å². The first-order chi connectivity index (χ1) is 16.5. The van der Waals surface area contributed by atoms with Gasteiger partial charge in [-0.3, -0.25) is 0 Å². The van der Waals surface area contributed by atoms with Crippen LogP contribution in [0.5, 0.6) is 0 Å². The summed E-state index contributed by atoms with van der Waals surface area (Å²) in [4.78, 5) is 3.94. The first-order valence-corrected chi connectivity index (χ1v) is 12.5. The van der Waals surface area contributed by atoms with Gasteiger partial charge in [-0.25, -0.2) is 0 Å². The highest BCUT2D eigenvalue weighted by Gasteiger charge is 1.98. The van der Waals surface area contributed by atoms with Gasteiger partial charge < -0.3 is 0 Å². The Kier molecular flexibility index (Phi) is 10.8. The third-order valence-corrected chi connectivity index (χ3v) is 6.00. The molecule has 170 valence electrons. The summed E-state index contributed by atoms with van der Waals surface area (Å²) in [6.45, 7) is 0. The Labute approximate surface area is 224 Å². The van der Waals surface area contributed by atoms with Crippen molar-refractivity contribution >= 4 is 50.5 Å². The number of rotatable bonds is 2. The van der Waals surface area contributed by atoms with Crippen LogP contribution in [-0.2, 0) is 0 Å². The predicted octanol–water partition coefficient (Wildman–Crippen LogP) is 9.55. The van der Waals surface area contributed by atoms with Crippen LogP contribution in [0.1, 0.15) is 0 Å². The van der Waals surface area contributed by atoms with E-state index in [-0.39, 0.29) is 0 Å². The van der Waals surface area contributed by atoms with Crippen LogP contribution in [0, 0.1) is 0 Å². The molecule has 0 fully saturated rings. The zero-order valence-electron chi connectivity index (χ0n) is 18.5. The third-order valence-electron chi connectivity index (χ3n) is 4.77. The van der Waals surface area contributed by atoms with Crippen LogP contribution in [0.2, 0.25) is 0 Å². The highest BCUT2D eigenvalue weighted by atomic mass is 32.1. The van der Waals surface area contributed by atoms with E-state index in [1.54, 1.807) is 0 Å². The Bertz CT molecular complexity index is 1270. The number of benzene rings is 5. The van der Waals surface area contributed by atoms with Crippen LogP contribution < -0.4 is 0 Å². The van der Waals surface area contributed by atoms with Crippen molar-refractivity contribution in [3.63, 3.8) is 0 Å². The van der Waals surface area contributed by atoms with Gasteiger partial charge in [0.25, 0.3) is 0 Å². The molecule has 5 rings (SSSR count). The molecule has 5 aromatic rings. The van der Waals surface area contributed by atoms with Crippen molar-refractivity contribution in [2.45, 2.75) is 19.6 Å². The van der Waals surface area contributed by atoms with Crippen molar-refractivity contribution in [2.24, 2.45) is 0 Å². The molecular weight excluding hydrogens is 489 g/mol. The maximum atomic E-state index is 4.41. The van der Waals surface area contributed by atoms with E-state index in [0.29, 0.717) is 0 Å². The molecule has 0 aliphatic heterocycles. The van der Waals surface area contributed by atoms with E-state index in [2.05, 4.69) is 93.0 Å². The molecule has 4 heteroatoms. The summed E-state index contributed by atoms with van der Waals surface area (Å²) in [5, 5.41) is 0. The summed E-state index contributed by atoms with van der Waals surface area (Å²) in [5.41, 5.74) is 4.85. The Balaban J connectivity index is 0.000000148. The largest absolute Gasteiger partial charge is 0.143 e. The molecule has 0 aliphatic rings. The van der Waals surface area contributed by atoms with E-state index >= 15 is 0 Å². The van der Waals surface area contributed by atoms with Gasteiger partial charge >= 0.3 is 0 Å². The predicted molar refractivity (Wildman–Crippen MR) is 159 cm³/mol. The maximum Gasteiger partial charge on any atom is 0.0119 e. The van der Waals surface area contributed by atoms with Gasteiger partial charge in [-0.2, -0.15) is 0 Å². The molecule has 0 nitrogen and oxygen atoms in total. The van der Waals surface area contributed by atoms with Crippen LogP contribution in [0.4, 0.5) is 0 Å². The minimum atomic E-state index is 0.956. The maximum absolute atomic E-state index is 4.41. The van der Waals surface area contributed by atoms with Crippen molar-refractivity contribution in [1.82, 2.24) is 0 Å². The molecule has 34 heavy (non-hydrogen) atoms. The van der Waals surface area contributed by atoms with Gasteiger partial charge in [-0.15, -0.1) is 50.5 Å². The van der Waals surface area contributed by atoms with Crippen LogP contribution >= 0.6 is 50.5 Å². The first kappa shape index (κ1) is 26.1. The molecule has 0 N–H and O–H groups in total. The molecule has 0 aromatic heterocycles. The minimum absolute atomic E-state index is 0.956. The summed E-state index contributed by atoms with van der Waals surface area (Å²) in [5.74, 6) is 0. The molecule has 0 saturated heterocycles. The van der Waals surface area contributed by atoms with Crippen molar-refractivity contribution < 1.29 is 0 Å². The van der Waals surface area contributed by atoms with Gasteiger partial charge in [-0.05, 0) is 58.7 Å². The zero-order chi connectivity index (χ0) is 24.2. The fraction of sp³-hybridized carbons (Fsp3) is 0. The molecule has 5 aromatic carbocycles. The lowest BCUT2D eigenvalue weighted by Gasteiger charge is -2.03. The summed E-state index contributed by atoms with van der Waals surface area (Å²) >= 11 is 16.9. The molecule has 0 bridgehead atoms. The van der Waals surface area contributed by atoms with Crippen LogP contribution in [0.15, 0.2) is 153 Å². The van der Waals surface area contributed by atoms with Crippen molar-refractivity contribution in [1.29, 1.82) is 0 Å². The molecule has 0 spiro atoms. The van der Waals surface area contributed by atoms with Gasteiger partial charge in [-0.1, -0.05) is 97.1 Å². The smallest absolute Gasteiger partial charge is 0.0119 e. The Morgan fingerprint density at radius 3 is 1.26 bits per heavy atom. The average molecular weight is 515 g/mol. The normalized spacial score (nSPS) is 9.76. The Hall–Kier alpha value is -2.50. The van der Waals surface area contributed by atoms with Gasteiger partial charge in [0.1, 0.15) is 0 Å². The van der Waals surface area contributed by atoms with E-state index in [1.165, 1.54) is 22.3 Å². The van der Waals surface area contributed by atoms with E-state index < -0.39 is 0 Å². The van der Waals surface area contributed by atoms with Gasteiger partial charge in [0.15, 0.2) is 0 Å². The summed E-state index contributed by atoms with van der Waals surface area (Å²) in [6, 6.07) is 44.5. The van der Waals surface area contributed by atoms with Crippen molar-refractivity contribution in [3.8, 4) is 22.3 Å². The van der Waals surface area contributed by atoms with Gasteiger partial charge in [0.05, 0.1) is 0 Å². The summed E-state index contributed by atoms with van der Waals surface area (Å²) in [7, 11) is 0. The van der Waals surface area contributed by atoms with Gasteiger partial charge in [0.2, 0.25) is 0 Å². The second kappa shape index (κ2) is 14.0. The summed E-state index contributed by atoms with van der Waals surface area (Å²) < 4.78 is 0. The average Bonchev–Trinajstić information content (AvgIpc) is 2.86. The van der Waals surface area contributed by atoms with E-state index in [9.17, 15) is 0 Å². The number of thiol groups is 4. The Morgan fingerprint density at radius 2 is 0.765 bits per heavy atom. The highest BCUT2D eigenvalue weighted by molar-refractivity contribution is 7.81. The third kappa shape index (κ3) is 8.69. The molecule has 0 amide bonds. The molecule has 0 aliphatic carbocycles. The fourth-order valence-corrected chi connectivity index (χ4v) is 4.21. The summed E-state index contributed by atoms with van der Waals surface area (Å²) in [6.07, 6.45) is 0. The molecule has 0 saturated carbocycles. The quantitative estimate of drug-likeness (QED) is 0.166. The zero-order valence-corrected chi connectivity index (χ0v) is 22.1. The first-order valence-electron chi connectivity index (χ1n) is 10.7. The van der Waals surface area contributed by atoms with E-state index in [1.807, 2.05) is 91.0 Å². The van der Waals surface area contributed by atoms with E-state index in [4.69, 9.17) is 0 Å². The lowest BCUT2D eigenvalue weighted by molar-refractivity contribution is 1.35. The standard InChI is InChI=1S/2C12H10S.C6H6S2/c13-12-9-5-4-8-11(12)10-6-2-1-3-7-10;13-12-8-4-7-11(9-12)10-5-2-1-3-6-10;7-5-2-1-3-6(8)4-5/h2*1-9,13H;1-4,7-8H. The molecule has 0 heterocycles. The van der Waals surface area contributed by atoms with E-state index in [0.717, 1.165) is 19.6 Å². The Morgan fingerprint density at radius 1 is 0.324 bits per heavy atom. The number of hydrogen-bond acceptors (Lipinski definition) is 4. The fourth-order valence-electron chi connectivity index (χ4n) is 3.14. The molecule has 0 radical (unpaired) electrons. The van der Waals surface area contributed by atoms with Crippen LogP contribution in [0.3, 0.4) is 0 Å². The SMILES string of the molecule is Sc1cccc(-c2ccccc2)c1.Sc1cccc(S)c1.Sc1ccccc1-c1ccccc1. The lowest BCUT2D eigenvalue weighted by Crippen LogP contribution is -1.77. The molecular formula is C30H26S4. The lowest BCUT2D eigenvalue weighted by atomic mass is 10.1. The van der Waals surface area contributed by atoms with Crippen LogP contribution in [0.25, 0.3) is 22.3 Å². The molecule has 0 unspecified atom stereocenters.